The topological polar surface area (TPSA) is 63.8 Å². The number of hydrogen-bond donors (Lipinski definition) is 2. The van der Waals surface area contributed by atoms with Crippen molar-refractivity contribution in [2.75, 3.05) is 12.4 Å². The molecule has 0 bridgehead atoms. The van der Waals surface area contributed by atoms with Crippen LogP contribution in [0.25, 0.3) is 0 Å². The lowest BCUT2D eigenvalue weighted by Crippen LogP contribution is -2.14. The molecule has 0 aliphatic carbocycles. The van der Waals surface area contributed by atoms with Crippen molar-refractivity contribution in [2.45, 2.75) is 0 Å². The molecule has 0 saturated carbocycles. The van der Waals surface area contributed by atoms with Crippen molar-refractivity contribution in [1.29, 1.82) is 0 Å². The van der Waals surface area contributed by atoms with Crippen LogP contribution in [0.3, 0.4) is 0 Å². The van der Waals surface area contributed by atoms with Crippen molar-refractivity contribution in [2.24, 2.45) is 5.73 Å². The Morgan fingerprint density at radius 1 is 1.73 bits per heavy atom. The van der Waals surface area contributed by atoms with Gasteiger partial charge in [0.05, 0.1) is 0 Å². The van der Waals surface area contributed by atoms with Crippen LogP contribution in [-0.4, -0.2) is 22.0 Å². The predicted octanol–water partition coefficient (Wildman–Crippen LogP) is 0.152. The van der Waals surface area contributed by atoms with E-state index in [2.05, 4.69) is 15.3 Å². The van der Waals surface area contributed by atoms with Gasteiger partial charge in [0, 0.05) is 13.2 Å². The fourth-order valence-corrected chi connectivity index (χ4v) is 0.715. The molecule has 58 valence electrons. The maximum Gasteiger partial charge on any atom is 0.188 e. The number of hydrogen-bond acceptors (Lipinski definition) is 4. The van der Waals surface area contributed by atoms with Crippen LogP contribution in [0, 0.1) is 0 Å². The van der Waals surface area contributed by atoms with Gasteiger partial charge in [-0.05, 0) is 6.07 Å². The molecule has 0 spiro atoms. The smallest absolute Gasteiger partial charge is 0.188 e. The molecule has 0 aliphatic rings. The van der Waals surface area contributed by atoms with Crippen molar-refractivity contribution in [3.8, 4) is 0 Å². The first kappa shape index (κ1) is 7.87. The summed E-state index contributed by atoms with van der Waals surface area (Å²) in [5.74, 6) is 1.11. The summed E-state index contributed by atoms with van der Waals surface area (Å²) in [6, 6.07) is 1.74. The average Bonchev–Trinajstić information content (AvgIpc) is 2.05. The number of nitrogens with zero attached hydrogens (tertiary/aromatic N) is 2. The van der Waals surface area contributed by atoms with Crippen LogP contribution < -0.4 is 11.1 Å². The lowest BCUT2D eigenvalue weighted by molar-refractivity contribution is 1.13. The molecule has 0 radical (unpaired) electrons. The summed E-state index contributed by atoms with van der Waals surface area (Å²) >= 11 is 4.69. The highest BCUT2D eigenvalue weighted by Gasteiger charge is 1.98. The van der Waals surface area contributed by atoms with E-state index in [1.807, 2.05) is 0 Å². The molecule has 11 heavy (non-hydrogen) atoms. The highest BCUT2D eigenvalue weighted by Crippen LogP contribution is 1.99. The Balaban J connectivity index is 3.01. The number of nitrogens with one attached hydrogen (secondary N) is 1. The summed E-state index contributed by atoms with van der Waals surface area (Å²) in [6.07, 6.45) is 1.60. The highest BCUT2D eigenvalue weighted by atomic mass is 32.1. The number of nitrogens with two attached hydrogens (primary N) is 1. The minimum absolute atomic E-state index is 0.210. The Labute approximate surface area is 69.8 Å². The number of aromatic nitrogens is 2. The van der Waals surface area contributed by atoms with E-state index in [9.17, 15) is 0 Å². The van der Waals surface area contributed by atoms with E-state index in [1.165, 1.54) is 0 Å². The molecular formula is C6H8N4S. The fraction of sp³-hybridized carbons (Fsp3) is 0.167. The fourth-order valence-electron chi connectivity index (χ4n) is 0.617. The quantitative estimate of drug-likeness (QED) is 0.615. The van der Waals surface area contributed by atoms with Crippen molar-refractivity contribution >= 4 is 23.0 Å². The molecule has 0 aliphatic heterocycles. The molecule has 0 unspecified atom stereocenters. The number of anilines is 1. The summed E-state index contributed by atoms with van der Waals surface area (Å²) in [5.41, 5.74) is 5.32. The SMILES string of the molecule is CNc1ccnc(C(N)=S)n1. The molecule has 0 fully saturated rings. The zero-order valence-electron chi connectivity index (χ0n) is 6.03. The van der Waals surface area contributed by atoms with Gasteiger partial charge in [0.2, 0.25) is 0 Å². The molecule has 3 N–H and O–H groups in total. The first-order chi connectivity index (χ1) is 5.24. The van der Waals surface area contributed by atoms with E-state index >= 15 is 0 Å². The van der Waals surface area contributed by atoms with Gasteiger partial charge in [-0.1, -0.05) is 12.2 Å². The van der Waals surface area contributed by atoms with Crippen LogP contribution in [0.4, 0.5) is 5.82 Å². The zero-order valence-corrected chi connectivity index (χ0v) is 6.85. The van der Waals surface area contributed by atoms with E-state index in [0.717, 1.165) is 0 Å². The van der Waals surface area contributed by atoms with Gasteiger partial charge in [-0.2, -0.15) is 0 Å². The van der Waals surface area contributed by atoms with Crippen LogP contribution in [0.1, 0.15) is 5.82 Å². The summed E-state index contributed by atoms with van der Waals surface area (Å²) in [7, 11) is 1.77. The maximum absolute atomic E-state index is 5.32. The first-order valence-corrected chi connectivity index (χ1v) is 3.45. The third-order valence-corrected chi connectivity index (χ3v) is 1.31. The van der Waals surface area contributed by atoms with Crippen molar-refractivity contribution in [1.82, 2.24) is 9.97 Å². The molecule has 0 saturated heterocycles. The highest BCUT2D eigenvalue weighted by molar-refractivity contribution is 7.80. The second kappa shape index (κ2) is 3.25. The van der Waals surface area contributed by atoms with Gasteiger partial charge in [-0.15, -0.1) is 0 Å². The second-order valence-electron chi connectivity index (χ2n) is 1.88. The number of thiocarbonyl (C=S) groups is 1. The third kappa shape index (κ3) is 1.84. The Kier molecular flexibility index (Phi) is 2.32. The van der Waals surface area contributed by atoms with Crippen LogP contribution >= 0.6 is 12.2 Å². The summed E-state index contributed by atoms with van der Waals surface area (Å²) in [5, 5.41) is 2.86. The largest absolute Gasteiger partial charge is 0.387 e. The Morgan fingerprint density at radius 2 is 2.45 bits per heavy atom. The van der Waals surface area contributed by atoms with E-state index in [0.29, 0.717) is 11.6 Å². The summed E-state index contributed by atoms with van der Waals surface area (Å²) in [6.45, 7) is 0. The molecule has 4 nitrogen and oxygen atoms in total. The predicted molar refractivity (Wildman–Crippen MR) is 47.5 cm³/mol. The molecule has 0 aromatic carbocycles. The third-order valence-electron chi connectivity index (χ3n) is 1.13. The molecule has 5 heteroatoms. The Bertz CT molecular complexity index is 273. The molecule has 0 atom stereocenters. The average molecular weight is 168 g/mol. The lowest BCUT2D eigenvalue weighted by atomic mass is 10.5. The van der Waals surface area contributed by atoms with Gasteiger partial charge >= 0.3 is 0 Å². The van der Waals surface area contributed by atoms with Crippen molar-refractivity contribution in [3.05, 3.63) is 18.1 Å². The van der Waals surface area contributed by atoms with Crippen LogP contribution in [0.15, 0.2) is 12.3 Å². The van der Waals surface area contributed by atoms with Crippen LogP contribution in [0.2, 0.25) is 0 Å². The minimum atomic E-state index is 0.210. The van der Waals surface area contributed by atoms with E-state index in [4.69, 9.17) is 18.0 Å². The minimum Gasteiger partial charge on any atom is -0.387 e. The standard InChI is InChI=1S/C6H8N4S/c1-8-4-2-3-9-6(10-4)5(7)11/h2-3H,1H3,(H2,7,11)(H,8,9,10). The molecule has 1 aromatic heterocycles. The monoisotopic (exact) mass is 168 g/mol. The first-order valence-electron chi connectivity index (χ1n) is 3.04. The second-order valence-corrected chi connectivity index (χ2v) is 2.32. The van der Waals surface area contributed by atoms with Gasteiger partial charge in [-0.3, -0.25) is 0 Å². The van der Waals surface area contributed by atoms with Crippen LogP contribution in [-0.2, 0) is 0 Å². The van der Waals surface area contributed by atoms with Gasteiger partial charge in [0.25, 0.3) is 0 Å². The van der Waals surface area contributed by atoms with Crippen LogP contribution in [0.5, 0.6) is 0 Å². The molecule has 1 heterocycles. The zero-order chi connectivity index (χ0) is 8.27. The molecule has 1 rings (SSSR count). The normalized spacial score (nSPS) is 9.18. The Morgan fingerprint density at radius 3 is 3.00 bits per heavy atom. The van der Waals surface area contributed by atoms with Gasteiger partial charge in [0.15, 0.2) is 5.82 Å². The number of rotatable bonds is 2. The van der Waals surface area contributed by atoms with E-state index < -0.39 is 0 Å². The molecular weight excluding hydrogens is 160 g/mol. The van der Waals surface area contributed by atoms with E-state index in [-0.39, 0.29) is 4.99 Å². The van der Waals surface area contributed by atoms with Crippen molar-refractivity contribution < 1.29 is 0 Å². The Hall–Kier alpha value is -1.23. The van der Waals surface area contributed by atoms with E-state index in [1.54, 1.807) is 19.3 Å². The lowest BCUT2D eigenvalue weighted by Gasteiger charge is -1.99. The maximum atomic E-state index is 5.32. The molecule has 0 amide bonds. The van der Waals surface area contributed by atoms with Gasteiger partial charge in [0.1, 0.15) is 10.8 Å². The van der Waals surface area contributed by atoms with Gasteiger partial charge < -0.3 is 11.1 Å². The van der Waals surface area contributed by atoms with Gasteiger partial charge in [-0.25, -0.2) is 9.97 Å². The summed E-state index contributed by atoms with van der Waals surface area (Å²) < 4.78 is 0. The summed E-state index contributed by atoms with van der Waals surface area (Å²) in [4.78, 5) is 8.08. The molecule has 1 aromatic rings. The van der Waals surface area contributed by atoms with Crippen molar-refractivity contribution in [3.63, 3.8) is 0 Å².